The molecule has 2 aromatic rings. The maximum absolute atomic E-state index is 5.57. The molecule has 0 saturated carbocycles. The summed E-state index contributed by atoms with van der Waals surface area (Å²) in [7, 11) is 1.88. The first-order valence-electron chi connectivity index (χ1n) is 4.85. The van der Waals surface area contributed by atoms with Crippen LogP contribution < -0.4 is 10.1 Å². The molecule has 0 spiro atoms. The third-order valence-corrected chi connectivity index (χ3v) is 2.53. The number of aromatic nitrogens is 1. The van der Waals surface area contributed by atoms with Gasteiger partial charge < -0.3 is 10.1 Å². The van der Waals surface area contributed by atoms with E-state index in [-0.39, 0.29) is 0 Å². The van der Waals surface area contributed by atoms with Gasteiger partial charge in [0.2, 0.25) is 5.88 Å². The molecule has 2 rings (SSSR count). The summed E-state index contributed by atoms with van der Waals surface area (Å²) in [6.45, 7) is 0. The Morgan fingerprint density at radius 2 is 1.88 bits per heavy atom. The van der Waals surface area contributed by atoms with Crippen molar-refractivity contribution >= 4 is 21.6 Å². The molecule has 82 valence electrons. The van der Waals surface area contributed by atoms with E-state index in [4.69, 9.17) is 4.74 Å². The maximum atomic E-state index is 5.57. The van der Waals surface area contributed by atoms with Gasteiger partial charge in [-0.3, -0.25) is 0 Å². The van der Waals surface area contributed by atoms with E-state index < -0.39 is 0 Å². The van der Waals surface area contributed by atoms with Gasteiger partial charge in [0.1, 0.15) is 5.75 Å². The van der Waals surface area contributed by atoms with E-state index >= 15 is 0 Å². The monoisotopic (exact) mass is 278 g/mol. The smallest absolute Gasteiger partial charge is 0.219 e. The molecule has 0 bridgehead atoms. The maximum Gasteiger partial charge on any atom is 0.219 e. The number of pyridine rings is 1. The van der Waals surface area contributed by atoms with Crippen molar-refractivity contribution in [2.24, 2.45) is 0 Å². The van der Waals surface area contributed by atoms with E-state index in [9.17, 15) is 0 Å². The highest BCUT2D eigenvalue weighted by Crippen LogP contribution is 2.22. The van der Waals surface area contributed by atoms with Crippen LogP contribution in [0.5, 0.6) is 11.6 Å². The lowest BCUT2D eigenvalue weighted by Gasteiger charge is -2.05. The topological polar surface area (TPSA) is 34.1 Å². The van der Waals surface area contributed by atoms with Crippen molar-refractivity contribution in [1.82, 2.24) is 4.98 Å². The minimum atomic E-state index is 0.584. The summed E-state index contributed by atoms with van der Waals surface area (Å²) in [5.41, 5.74) is 1.05. The quantitative estimate of drug-likeness (QED) is 0.930. The fraction of sp³-hybridized carbons (Fsp3) is 0.0833. The van der Waals surface area contributed by atoms with Crippen molar-refractivity contribution in [3.05, 3.63) is 47.1 Å². The highest BCUT2D eigenvalue weighted by atomic mass is 79.9. The Bertz CT molecular complexity index is 453. The summed E-state index contributed by atoms with van der Waals surface area (Å²) >= 11 is 3.32. The van der Waals surface area contributed by atoms with Crippen LogP contribution in [0.2, 0.25) is 0 Å². The number of nitrogens with one attached hydrogen (secondary N) is 1. The van der Waals surface area contributed by atoms with Gasteiger partial charge >= 0.3 is 0 Å². The van der Waals surface area contributed by atoms with E-state index in [1.54, 1.807) is 6.20 Å². The summed E-state index contributed by atoms with van der Waals surface area (Å²) in [6.07, 6.45) is 1.71. The van der Waals surface area contributed by atoms with Crippen LogP contribution in [0.25, 0.3) is 0 Å². The van der Waals surface area contributed by atoms with Crippen LogP contribution in [0.4, 0.5) is 5.69 Å². The molecular weight excluding hydrogens is 268 g/mol. The molecule has 1 aromatic heterocycles. The Labute approximate surface area is 103 Å². The molecule has 0 fully saturated rings. The molecule has 1 N–H and O–H groups in total. The fourth-order valence-corrected chi connectivity index (χ4v) is 1.47. The lowest BCUT2D eigenvalue weighted by atomic mass is 10.3. The summed E-state index contributed by atoms with van der Waals surface area (Å²) in [6, 6.07) is 11.4. The zero-order valence-corrected chi connectivity index (χ0v) is 10.4. The average Bonchev–Trinajstić information content (AvgIpc) is 2.33. The summed E-state index contributed by atoms with van der Waals surface area (Å²) in [5.74, 6) is 1.36. The van der Waals surface area contributed by atoms with Gasteiger partial charge in [-0.2, -0.15) is 0 Å². The number of hydrogen-bond acceptors (Lipinski definition) is 3. The van der Waals surface area contributed by atoms with Gasteiger partial charge in [-0.25, -0.2) is 4.98 Å². The van der Waals surface area contributed by atoms with Crippen molar-refractivity contribution in [3.8, 4) is 11.6 Å². The third kappa shape index (κ3) is 2.73. The number of benzene rings is 1. The molecule has 16 heavy (non-hydrogen) atoms. The first-order valence-corrected chi connectivity index (χ1v) is 5.64. The zero-order valence-electron chi connectivity index (χ0n) is 8.77. The Hall–Kier alpha value is -1.55. The van der Waals surface area contributed by atoms with E-state index in [0.717, 1.165) is 15.9 Å². The lowest BCUT2D eigenvalue weighted by molar-refractivity contribution is 0.463. The predicted molar refractivity (Wildman–Crippen MR) is 68.0 cm³/mol. The number of anilines is 1. The number of ether oxygens (including phenoxy) is 1. The van der Waals surface area contributed by atoms with Crippen LogP contribution in [-0.4, -0.2) is 12.0 Å². The Morgan fingerprint density at radius 3 is 2.44 bits per heavy atom. The molecule has 4 heteroatoms. The molecule has 0 aliphatic rings. The molecular formula is C12H11BrN2O. The molecule has 1 heterocycles. The van der Waals surface area contributed by atoms with Crippen LogP contribution >= 0.6 is 15.9 Å². The SMILES string of the molecule is CNc1ccc(Oc2ccc(Br)cn2)cc1. The summed E-state index contributed by atoms with van der Waals surface area (Å²) in [5, 5.41) is 3.05. The van der Waals surface area contributed by atoms with E-state index in [2.05, 4.69) is 26.2 Å². The molecule has 0 unspecified atom stereocenters. The Kier molecular flexibility index (Phi) is 3.41. The molecule has 0 radical (unpaired) electrons. The summed E-state index contributed by atoms with van der Waals surface area (Å²) < 4.78 is 6.51. The third-order valence-electron chi connectivity index (χ3n) is 2.07. The van der Waals surface area contributed by atoms with Crippen molar-refractivity contribution in [2.75, 3.05) is 12.4 Å². The van der Waals surface area contributed by atoms with Crippen LogP contribution in [0, 0.1) is 0 Å². The van der Waals surface area contributed by atoms with Crippen molar-refractivity contribution in [3.63, 3.8) is 0 Å². The fourth-order valence-electron chi connectivity index (χ4n) is 1.23. The van der Waals surface area contributed by atoms with Crippen molar-refractivity contribution < 1.29 is 4.74 Å². The Morgan fingerprint density at radius 1 is 1.12 bits per heavy atom. The minimum absolute atomic E-state index is 0.584. The number of halogens is 1. The van der Waals surface area contributed by atoms with Crippen molar-refractivity contribution in [1.29, 1.82) is 0 Å². The van der Waals surface area contributed by atoms with E-state index in [1.165, 1.54) is 0 Å². The minimum Gasteiger partial charge on any atom is -0.439 e. The second kappa shape index (κ2) is 4.99. The largest absolute Gasteiger partial charge is 0.439 e. The van der Waals surface area contributed by atoms with Gasteiger partial charge in [0.25, 0.3) is 0 Å². The highest BCUT2D eigenvalue weighted by molar-refractivity contribution is 9.10. The second-order valence-corrected chi connectivity index (χ2v) is 4.11. The molecule has 3 nitrogen and oxygen atoms in total. The van der Waals surface area contributed by atoms with E-state index in [1.807, 2.05) is 43.4 Å². The van der Waals surface area contributed by atoms with Crippen LogP contribution in [0.1, 0.15) is 0 Å². The molecule has 0 amide bonds. The number of hydrogen-bond donors (Lipinski definition) is 1. The first kappa shape index (κ1) is 11.0. The Balaban J connectivity index is 2.11. The molecule has 1 aromatic carbocycles. The highest BCUT2D eigenvalue weighted by Gasteiger charge is 1.98. The van der Waals surface area contributed by atoms with Crippen LogP contribution in [0.15, 0.2) is 47.1 Å². The van der Waals surface area contributed by atoms with Gasteiger partial charge in [0.15, 0.2) is 0 Å². The molecule has 0 saturated heterocycles. The van der Waals surface area contributed by atoms with Gasteiger partial charge in [-0.15, -0.1) is 0 Å². The number of nitrogens with zero attached hydrogens (tertiary/aromatic N) is 1. The normalized spacial score (nSPS) is 9.88. The standard InChI is InChI=1S/C12H11BrN2O/c1-14-10-3-5-11(6-4-10)16-12-7-2-9(13)8-15-12/h2-8,14H,1H3. The van der Waals surface area contributed by atoms with Crippen LogP contribution in [-0.2, 0) is 0 Å². The van der Waals surface area contributed by atoms with Gasteiger partial charge in [-0.1, -0.05) is 0 Å². The zero-order chi connectivity index (χ0) is 11.4. The number of rotatable bonds is 3. The predicted octanol–water partition coefficient (Wildman–Crippen LogP) is 3.68. The lowest BCUT2D eigenvalue weighted by Crippen LogP contribution is -1.89. The van der Waals surface area contributed by atoms with Crippen LogP contribution in [0.3, 0.4) is 0 Å². The molecule has 0 atom stereocenters. The van der Waals surface area contributed by atoms with Gasteiger partial charge in [0.05, 0.1) is 0 Å². The van der Waals surface area contributed by atoms with E-state index in [0.29, 0.717) is 5.88 Å². The first-order chi connectivity index (χ1) is 7.78. The van der Waals surface area contributed by atoms with Gasteiger partial charge in [0, 0.05) is 29.5 Å². The molecule has 0 aliphatic carbocycles. The van der Waals surface area contributed by atoms with Crippen molar-refractivity contribution in [2.45, 2.75) is 0 Å². The average molecular weight is 279 g/mol. The molecule has 0 aliphatic heterocycles. The van der Waals surface area contributed by atoms with Gasteiger partial charge in [-0.05, 0) is 46.3 Å². The summed E-state index contributed by atoms with van der Waals surface area (Å²) in [4.78, 5) is 4.13. The second-order valence-electron chi connectivity index (χ2n) is 3.19.